The third kappa shape index (κ3) is 16.7. The van der Waals surface area contributed by atoms with Gasteiger partial charge in [-0.1, -0.05) is 153 Å². The van der Waals surface area contributed by atoms with Crippen molar-refractivity contribution in [1.29, 1.82) is 10.5 Å². The zero-order chi connectivity index (χ0) is 57.6. The van der Waals surface area contributed by atoms with Crippen LogP contribution in [-0.2, 0) is 26.3 Å². The maximum atomic E-state index is 13.2. The number of hydrogen-bond donors (Lipinski definition) is 0. The van der Waals surface area contributed by atoms with Crippen molar-refractivity contribution < 1.29 is 23.8 Å². The van der Waals surface area contributed by atoms with Crippen LogP contribution in [0.15, 0.2) is 213 Å². The summed E-state index contributed by atoms with van der Waals surface area (Å²) in [7, 11) is 1.87. The summed E-state index contributed by atoms with van der Waals surface area (Å²) in [5.41, 5.74) is 8.28. The molecule has 0 saturated carbocycles. The van der Waals surface area contributed by atoms with Gasteiger partial charge in [0.2, 0.25) is 0 Å². The molecule has 0 spiro atoms. The average Bonchev–Trinajstić information content (AvgIpc) is 4.32. The van der Waals surface area contributed by atoms with Gasteiger partial charge in [-0.05, 0) is 115 Å². The molecule has 0 unspecified atom stereocenters. The summed E-state index contributed by atoms with van der Waals surface area (Å²) in [6, 6.07) is 64.8. The van der Waals surface area contributed by atoms with E-state index in [9.17, 15) is 20.1 Å². The van der Waals surface area contributed by atoms with Crippen LogP contribution in [0.1, 0.15) is 72.4 Å². The van der Waals surface area contributed by atoms with E-state index in [1.807, 2.05) is 90.8 Å². The number of ether oxygens (including phenoxy) is 3. The smallest absolute Gasteiger partial charge is 0.424 e. The number of nitrogens with zero attached hydrogens (tertiary/aromatic N) is 9. The SMILES string of the molecule is CCC1CCN(Cc2ccccc2)CC1.CN(C(=O)n1cnc(-c2ccc(OCc3ccccc3)c(C#N)c2)c1)C1CCN(Cc2ccccc2)CC1.N#Cc1cc(-c2cn(C(=O)Oc3ccccc3)cn2)ccc1OCc1ccccc1. The number of piperidine rings is 2. The molecule has 14 nitrogen and oxygen atoms in total. The van der Waals surface area contributed by atoms with Crippen LogP contribution in [0.5, 0.6) is 17.2 Å². The van der Waals surface area contributed by atoms with Gasteiger partial charge in [-0.15, -0.1) is 0 Å². The molecule has 2 aliphatic rings. The van der Waals surface area contributed by atoms with Crippen molar-refractivity contribution >= 4 is 12.1 Å². The Morgan fingerprint density at radius 3 is 1.40 bits per heavy atom. The third-order valence-electron chi connectivity index (χ3n) is 15.0. The van der Waals surface area contributed by atoms with E-state index in [-0.39, 0.29) is 12.1 Å². The van der Waals surface area contributed by atoms with Crippen molar-refractivity contribution in [2.75, 3.05) is 33.2 Å². The van der Waals surface area contributed by atoms with Gasteiger partial charge in [0.05, 0.1) is 22.5 Å². The van der Waals surface area contributed by atoms with E-state index in [1.165, 1.54) is 58.9 Å². The van der Waals surface area contributed by atoms with Crippen LogP contribution in [0.3, 0.4) is 0 Å². The summed E-state index contributed by atoms with van der Waals surface area (Å²) in [6.07, 6.45) is 11.7. The van der Waals surface area contributed by atoms with Gasteiger partial charge < -0.3 is 19.1 Å². The van der Waals surface area contributed by atoms with Crippen LogP contribution >= 0.6 is 0 Å². The molecular weight excluding hydrogens is 1030 g/mol. The number of carbonyl (C=O) groups is 2. The molecule has 2 aliphatic heterocycles. The number of imidazole rings is 2. The molecule has 0 radical (unpaired) electrons. The lowest BCUT2D eigenvalue weighted by atomic mass is 9.94. The van der Waals surface area contributed by atoms with Crippen LogP contribution in [0.2, 0.25) is 0 Å². The molecule has 7 aromatic carbocycles. The Balaban J connectivity index is 0.000000163. The zero-order valence-electron chi connectivity index (χ0n) is 47.1. The summed E-state index contributed by atoms with van der Waals surface area (Å²) in [4.78, 5) is 41.1. The van der Waals surface area contributed by atoms with E-state index in [1.54, 1.807) is 73.3 Å². The molecular formula is C69H69N9O5. The number of hydrogen-bond acceptors (Lipinski definition) is 11. The van der Waals surface area contributed by atoms with Gasteiger partial charge in [0, 0.05) is 62.8 Å². The van der Waals surface area contributed by atoms with E-state index < -0.39 is 6.09 Å². The van der Waals surface area contributed by atoms with Crippen LogP contribution in [0.4, 0.5) is 9.59 Å². The second kappa shape index (κ2) is 29.7. The predicted molar refractivity (Wildman–Crippen MR) is 322 cm³/mol. The van der Waals surface area contributed by atoms with Crippen molar-refractivity contribution in [2.24, 2.45) is 5.92 Å². The van der Waals surface area contributed by atoms with Crippen molar-refractivity contribution in [3.8, 4) is 51.9 Å². The molecule has 2 fully saturated rings. The highest BCUT2D eigenvalue weighted by atomic mass is 16.6. The highest BCUT2D eigenvalue weighted by molar-refractivity contribution is 5.78. The highest BCUT2D eigenvalue weighted by Gasteiger charge is 2.27. The van der Waals surface area contributed by atoms with Crippen molar-refractivity contribution in [2.45, 2.75) is 71.4 Å². The first-order valence-corrected chi connectivity index (χ1v) is 28.3. The summed E-state index contributed by atoms with van der Waals surface area (Å²) >= 11 is 0. The lowest BCUT2D eigenvalue weighted by Gasteiger charge is -2.36. The van der Waals surface area contributed by atoms with Crippen molar-refractivity contribution in [3.05, 3.63) is 246 Å². The fourth-order valence-corrected chi connectivity index (χ4v) is 10.1. The first-order chi connectivity index (χ1) is 40.7. The zero-order valence-corrected chi connectivity index (χ0v) is 47.1. The first kappa shape index (κ1) is 58.1. The number of para-hydroxylation sites is 1. The highest BCUT2D eigenvalue weighted by Crippen LogP contribution is 2.29. The molecule has 14 heteroatoms. The van der Waals surface area contributed by atoms with E-state index in [2.05, 4.69) is 93.4 Å². The quantitative estimate of drug-likeness (QED) is 0.0963. The standard InChI is InChI=1S/C31H31N5O2.C24H17N3O3.C14H21N/c1-34(28-14-16-35(17-15-28)20-24-8-4-2-5-9-24)31(37)36-21-29(33-23-36)26-12-13-30(27(18-26)19-32)38-22-25-10-6-3-7-11-25;25-14-20-13-19(11-12-23(20)29-16-18-7-3-1-4-8-18)22-15-27(17-26-22)24(28)30-21-9-5-2-6-10-21;1-2-13-8-10-15(11-9-13)12-14-6-4-3-5-7-14/h2-13,18,21,23,28H,14-17,20,22H2,1H3;1-13,15,17H,16H2;3-7,13H,2,8-12H2,1H3. The maximum absolute atomic E-state index is 13.2. The Kier molecular flexibility index (Phi) is 20.8. The van der Waals surface area contributed by atoms with Gasteiger partial charge in [0.15, 0.2) is 0 Å². The second-order valence-electron chi connectivity index (χ2n) is 20.7. The Hall–Kier alpha value is -9.60. The van der Waals surface area contributed by atoms with Gasteiger partial charge >= 0.3 is 12.1 Å². The predicted octanol–water partition coefficient (Wildman–Crippen LogP) is 13.9. The largest absolute Gasteiger partial charge is 0.488 e. The summed E-state index contributed by atoms with van der Waals surface area (Å²) in [5.74, 6) is 2.45. The molecule has 0 bridgehead atoms. The van der Waals surface area contributed by atoms with Gasteiger partial charge in [0.25, 0.3) is 0 Å². The van der Waals surface area contributed by atoms with Crippen molar-refractivity contribution in [1.82, 2.24) is 33.8 Å². The van der Waals surface area contributed by atoms with E-state index in [4.69, 9.17) is 14.2 Å². The molecule has 0 aliphatic carbocycles. The van der Waals surface area contributed by atoms with E-state index >= 15 is 0 Å². The minimum atomic E-state index is -0.566. The van der Waals surface area contributed by atoms with E-state index in [0.717, 1.165) is 61.6 Å². The molecule has 83 heavy (non-hydrogen) atoms. The first-order valence-electron chi connectivity index (χ1n) is 28.3. The Bertz CT molecular complexity index is 3550. The summed E-state index contributed by atoms with van der Waals surface area (Å²) in [6.45, 7) is 9.64. The monoisotopic (exact) mass is 1100 g/mol. The Labute approximate surface area is 487 Å². The molecule has 420 valence electrons. The second-order valence-corrected chi connectivity index (χ2v) is 20.7. The summed E-state index contributed by atoms with van der Waals surface area (Å²) < 4.78 is 19.8. The molecule has 4 heterocycles. The van der Waals surface area contributed by atoms with Crippen LogP contribution in [0.25, 0.3) is 22.5 Å². The Morgan fingerprint density at radius 2 is 0.952 bits per heavy atom. The van der Waals surface area contributed by atoms with Gasteiger partial charge in [-0.2, -0.15) is 10.5 Å². The van der Waals surface area contributed by atoms with Gasteiger partial charge in [0.1, 0.15) is 55.3 Å². The Morgan fingerprint density at radius 1 is 0.542 bits per heavy atom. The minimum Gasteiger partial charge on any atom is -0.488 e. The van der Waals surface area contributed by atoms with Crippen LogP contribution in [-0.4, -0.2) is 85.2 Å². The molecule has 2 saturated heterocycles. The number of amides is 1. The van der Waals surface area contributed by atoms with E-state index in [0.29, 0.717) is 58.5 Å². The molecule has 0 atom stereocenters. The minimum absolute atomic E-state index is 0.103. The number of benzene rings is 7. The van der Waals surface area contributed by atoms with Crippen molar-refractivity contribution in [3.63, 3.8) is 0 Å². The number of rotatable bonds is 15. The number of aromatic nitrogens is 4. The van der Waals surface area contributed by atoms with Crippen LogP contribution < -0.4 is 14.2 Å². The average molecular weight is 1100 g/mol. The molecule has 0 N–H and O–H groups in total. The third-order valence-corrected chi connectivity index (χ3v) is 15.0. The fourth-order valence-electron chi connectivity index (χ4n) is 10.1. The number of likely N-dealkylation sites (tertiary alicyclic amines) is 2. The normalized spacial score (nSPS) is 13.6. The summed E-state index contributed by atoms with van der Waals surface area (Å²) in [5, 5.41) is 19.2. The topological polar surface area (TPSA) is 155 Å². The lowest BCUT2D eigenvalue weighted by Crippen LogP contribution is -2.46. The molecule has 9 aromatic rings. The number of nitriles is 2. The van der Waals surface area contributed by atoms with Crippen LogP contribution in [0, 0.1) is 28.6 Å². The maximum Gasteiger partial charge on any atom is 0.424 e. The lowest BCUT2D eigenvalue weighted by molar-refractivity contribution is 0.132. The van der Waals surface area contributed by atoms with Gasteiger partial charge in [-0.25, -0.2) is 24.1 Å². The number of carbonyl (C=O) groups excluding carboxylic acids is 2. The fraction of sp³-hybridized carbons (Fsp3) is 0.246. The molecule has 1 amide bonds. The van der Waals surface area contributed by atoms with Gasteiger partial charge in [-0.3, -0.25) is 14.4 Å². The molecule has 11 rings (SSSR count). The molecule has 2 aromatic heterocycles.